The van der Waals surface area contributed by atoms with Crippen molar-refractivity contribution >= 4 is 16.9 Å². The Labute approximate surface area is 133 Å². The Hall–Kier alpha value is -3.09. The number of aromatic nitrogens is 1. The van der Waals surface area contributed by atoms with Crippen LogP contribution in [0.25, 0.3) is 10.9 Å². The molecule has 122 valence electrons. The smallest absolute Gasteiger partial charge is 0.341 e. The predicted molar refractivity (Wildman–Crippen MR) is 80.6 cm³/mol. The highest BCUT2D eigenvalue weighted by atomic mass is 19.1. The van der Waals surface area contributed by atoms with Crippen molar-refractivity contribution < 1.29 is 23.1 Å². The van der Waals surface area contributed by atoms with E-state index in [0.29, 0.717) is 6.07 Å². The summed E-state index contributed by atoms with van der Waals surface area (Å²) in [6, 6.07) is 6.27. The molecular weight excluding hydrogens is 323 g/mol. The fraction of sp³-hybridized carbons (Fsp3) is 0.0588. The van der Waals surface area contributed by atoms with Gasteiger partial charge in [-0.05, 0) is 35.9 Å². The molecule has 0 amide bonds. The Bertz CT molecular complexity index is 1010. The van der Waals surface area contributed by atoms with Crippen molar-refractivity contribution in [2.45, 2.75) is 6.54 Å². The zero-order chi connectivity index (χ0) is 17.4. The molecule has 3 rings (SSSR count). The number of carboxylic acid groups (broad SMARTS) is 1. The topological polar surface area (TPSA) is 59.3 Å². The van der Waals surface area contributed by atoms with Gasteiger partial charge in [-0.25, -0.2) is 18.0 Å². The normalized spacial score (nSPS) is 11.0. The molecule has 4 nitrogen and oxygen atoms in total. The van der Waals surface area contributed by atoms with Crippen LogP contribution in [0, 0.1) is 17.5 Å². The van der Waals surface area contributed by atoms with E-state index in [1.165, 1.54) is 10.6 Å². The first-order chi connectivity index (χ1) is 11.3. The molecule has 0 saturated carbocycles. The molecule has 1 N–H and O–H groups in total. The van der Waals surface area contributed by atoms with E-state index in [9.17, 15) is 22.8 Å². The Balaban J connectivity index is 2.24. The van der Waals surface area contributed by atoms with Gasteiger partial charge in [0.15, 0.2) is 0 Å². The molecule has 0 radical (unpaired) electrons. The lowest BCUT2D eigenvalue weighted by atomic mass is 10.1. The highest BCUT2D eigenvalue weighted by Gasteiger charge is 2.15. The van der Waals surface area contributed by atoms with Crippen LogP contribution in [0.4, 0.5) is 13.2 Å². The number of hydrogen-bond donors (Lipinski definition) is 1. The molecule has 0 unspecified atom stereocenters. The highest BCUT2D eigenvalue weighted by molar-refractivity contribution is 5.92. The maximum Gasteiger partial charge on any atom is 0.341 e. The number of carboxylic acids is 1. The minimum absolute atomic E-state index is 0.0859. The van der Waals surface area contributed by atoms with Crippen LogP contribution in [-0.4, -0.2) is 15.6 Å². The van der Waals surface area contributed by atoms with Gasteiger partial charge >= 0.3 is 5.97 Å². The number of carbonyl (C=O) groups is 1. The summed E-state index contributed by atoms with van der Waals surface area (Å²) in [5.41, 5.74) is -0.877. The Kier molecular flexibility index (Phi) is 3.84. The number of halogens is 3. The van der Waals surface area contributed by atoms with Crippen LogP contribution in [0.3, 0.4) is 0 Å². The first kappa shape index (κ1) is 15.8. The van der Waals surface area contributed by atoms with Crippen molar-refractivity contribution in [3.05, 3.63) is 81.4 Å². The first-order valence-corrected chi connectivity index (χ1v) is 6.86. The molecule has 0 aliphatic heterocycles. The number of pyridine rings is 1. The summed E-state index contributed by atoms with van der Waals surface area (Å²) in [7, 11) is 0. The summed E-state index contributed by atoms with van der Waals surface area (Å²) in [4.78, 5) is 23.4. The Morgan fingerprint density at radius 3 is 2.29 bits per heavy atom. The van der Waals surface area contributed by atoms with Gasteiger partial charge < -0.3 is 9.67 Å². The maximum absolute atomic E-state index is 13.4. The third-order valence-electron chi connectivity index (χ3n) is 3.55. The lowest BCUT2D eigenvalue weighted by Gasteiger charge is -2.13. The molecule has 0 aliphatic carbocycles. The van der Waals surface area contributed by atoms with E-state index in [1.54, 1.807) is 0 Å². The van der Waals surface area contributed by atoms with Gasteiger partial charge in [0.1, 0.15) is 23.0 Å². The second kappa shape index (κ2) is 5.84. The monoisotopic (exact) mass is 333 g/mol. The standard InChI is InChI=1S/C17H10F3NO3/c18-10-1-2-15-13(6-10)16(22)14(17(23)24)8-21(15)7-9-3-11(19)5-12(20)4-9/h1-6,8H,7H2,(H,23,24). The van der Waals surface area contributed by atoms with Crippen LogP contribution in [0.2, 0.25) is 0 Å². The lowest BCUT2D eigenvalue weighted by Crippen LogP contribution is -2.19. The van der Waals surface area contributed by atoms with E-state index in [-0.39, 0.29) is 23.0 Å². The van der Waals surface area contributed by atoms with Crippen molar-refractivity contribution in [1.29, 1.82) is 0 Å². The molecule has 0 bridgehead atoms. The molecule has 3 aromatic rings. The lowest BCUT2D eigenvalue weighted by molar-refractivity contribution is 0.0695. The summed E-state index contributed by atoms with van der Waals surface area (Å²) in [6.07, 6.45) is 1.08. The molecule has 1 heterocycles. The van der Waals surface area contributed by atoms with Crippen LogP contribution in [0.5, 0.6) is 0 Å². The zero-order valence-electron chi connectivity index (χ0n) is 12.1. The molecule has 2 aromatic carbocycles. The van der Waals surface area contributed by atoms with Gasteiger partial charge in [0.25, 0.3) is 0 Å². The summed E-state index contributed by atoms with van der Waals surface area (Å²) in [5.74, 6) is -3.71. The third kappa shape index (κ3) is 2.88. The Morgan fingerprint density at radius 2 is 1.67 bits per heavy atom. The molecular formula is C17H10F3NO3. The molecule has 0 saturated heterocycles. The summed E-state index contributed by atoms with van der Waals surface area (Å²) in [6.45, 7) is -0.0859. The molecule has 0 spiro atoms. The highest BCUT2D eigenvalue weighted by Crippen LogP contribution is 2.17. The van der Waals surface area contributed by atoms with Crippen LogP contribution in [-0.2, 0) is 6.54 Å². The van der Waals surface area contributed by atoms with Gasteiger partial charge in [0.2, 0.25) is 5.43 Å². The number of nitrogens with zero attached hydrogens (tertiary/aromatic N) is 1. The van der Waals surface area contributed by atoms with Crippen LogP contribution in [0.1, 0.15) is 15.9 Å². The molecule has 1 aromatic heterocycles. The second-order valence-corrected chi connectivity index (χ2v) is 5.24. The predicted octanol–water partition coefficient (Wildman–Crippen LogP) is 3.17. The van der Waals surface area contributed by atoms with Crippen LogP contribution >= 0.6 is 0 Å². The fourth-order valence-electron chi connectivity index (χ4n) is 2.55. The fourth-order valence-corrected chi connectivity index (χ4v) is 2.55. The summed E-state index contributed by atoms with van der Waals surface area (Å²) >= 11 is 0. The largest absolute Gasteiger partial charge is 0.477 e. The van der Waals surface area contributed by atoms with Crippen molar-refractivity contribution in [2.24, 2.45) is 0 Å². The average Bonchev–Trinajstić information content (AvgIpc) is 2.48. The van der Waals surface area contributed by atoms with Crippen molar-refractivity contribution in [1.82, 2.24) is 4.57 Å². The van der Waals surface area contributed by atoms with Gasteiger partial charge in [-0.2, -0.15) is 0 Å². The van der Waals surface area contributed by atoms with Gasteiger partial charge in [0.05, 0.1) is 5.52 Å². The number of rotatable bonds is 3. The van der Waals surface area contributed by atoms with Gasteiger partial charge in [-0.15, -0.1) is 0 Å². The van der Waals surface area contributed by atoms with Crippen LogP contribution in [0.15, 0.2) is 47.4 Å². The molecule has 0 aliphatic rings. The maximum atomic E-state index is 13.4. The Morgan fingerprint density at radius 1 is 1.00 bits per heavy atom. The van der Waals surface area contributed by atoms with Crippen LogP contribution < -0.4 is 5.43 Å². The quantitative estimate of drug-likeness (QED) is 0.801. The van der Waals surface area contributed by atoms with E-state index >= 15 is 0 Å². The SMILES string of the molecule is O=C(O)c1cn(Cc2cc(F)cc(F)c2)c2ccc(F)cc2c1=O. The molecule has 0 atom stereocenters. The molecule has 0 fully saturated rings. The van der Waals surface area contributed by atoms with Gasteiger partial charge in [-0.3, -0.25) is 4.79 Å². The summed E-state index contributed by atoms with van der Waals surface area (Å²) < 4.78 is 41.4. The van der Waals surface area contributed by atoms with E-state index in [1.807, 2.05) is 0 Å². The number of aromatic carboxylic acids is 1. The zero-order valence-corrected chi connectivity index (χ0v) is 12.1. The average molecular weight is 333 g/mol. The molecule has 24 heavy (non-hydrogen) atoms. The minimum atomic E-state index is -1.47. The van der Waals surface area contributed by atoms with E-state index in [4.69, 9.17) is 5.11 Å². The van der Waals surface area contributed by atoms with Crippen molar-refractivity contribution in [3.8, 4) is 0 Å². The summed E-state index contributed by atoms with van der Waals surface area (Å²) in [5, 5.41) is 9.03. The van der Waals surface area contributed by atoms with Gasteiger partial charge in [-0.1, -0.05) is 0 Å². The number of benzene rings is 2. The number of fused-ring (bicyclic) bond motifs is 1. The van der Waals surface area contributed by atoms with E-state index < -0.39 is 34.4 Å². The number of hydrogen-bond acceptors (Lipinski definition) is 2. The molecule has 7 heteroatoms. The third-order valence-corrected chi connectivity index (χ3v) is 3.55. The van der Waals surface area contributed by atoms with E-state index in [2.05, 4.69) is 0 Å². The van der Waals surface area contributed by atoms with E-state index in [0.717, 1.165) is 30.5 Å². The van der Waals surface area contributed by atoms with Gasteiger partial charge in [0, 0.05) is 24.2 Å². The van der Waals surface area contributed by atoms with Crippen molar-refractivity contribution in [2.75, 3.05) is 0 Å². The first-order valence-electron chi connectivity index (χ1n) is 6.86. The second-order valence-electron chi connectivity index (χ2n) is 5.24. The van der Waals surface area contributed by atoms with Crippen molar-refractivity contribution in [3.63, 3.8) is 0 Å². The minimum Gasteiger partial charge on any atom is -0.477 e.